The SMILES string of the molecule is COc1cncc(OC2CCC(NC(=O)C3(c4ccccc4)CCOCC3)CC2)n1. The Hall–Kier alpha value is -2.67. The molecule has 7 nitrogen and oxygen atoms in total. The normalized spacial score (nSPS) is 23.4. The van der Waals surface area contributed by atoms with Crippen LogP contribution in [-0.2, 0) is 14.9 Å². The van der Waals surface area contributed by atoms with Gasteiger partial charge in [-0.15, -0.1) is 0 Å². The first-order valence-corrected chi connectivity index (χ1v) is 10.7. The molecule has 2 heterocycles. The molecule has 1 aromatic carbocycles. The summed E-state index contributed by atoms with van der Waals surface area (Å²) >= 11 is 0. The number of methoxy groups -OCH3 is 1. The summed E-state index contributed by atoms with van der Waals surface area (Å²) in [5, 5.41) is 3.33. The molecular formula is C23H29N3O4. The highest BCUT2D eigenvalue weighted by Gasteiger charge is 2.42. The van der Waals surface area contributed by atoms with Crippen molar-refractivity contribution in [1.29, 1.82) is 0 Å². The molecule has 2 aliphatic rings. The smallest absolute Gasteiger partial charge is 0.235 e. The molecule has 0 atom stereocenters. The highest BCUT2D eigenvalue weighted by molar-refractivity contribution is 5.88. The average molecular weight is 412 g/mol. The van der Waals surface area contributed by atoms with Crippen LogP contribution in [0.3, 0.4) is 0 Å². The highest BCUT2D eigenvalue weighted by Crippen LogP contribution is 2.36. The van der Waals surface area contributed by atoms with Crippen molar-refractivity contribution >= 4 is 5.91 Å². The standard InChI is InChI=1S/C23H29N3O4/c1-28-20-15-24-16-21(26-20)30-19-9-7-18(8-10-19)25-22(27)23(11-13-29-14-12-23)17-5-3-2-4-6-17/h2-6,15-16,18-19H,7-14H2,1H3,(H,25,27). The van der Waals surface area contributed by atoms with E-state index in [-0.39, 0.29) is 18.1 Å². The first kappa shape index (κ1) is 20.6. The zero-order chi connectivity index (χ0) is 20.8. The third kappa shape index (κ3) is 4.56. The second kappa shape index (κ2) is 9.43. The molecule has 7 heteroatoms. The Morgan fingerprint density at radius 2 is 1.77 bits per heavy atom. The third-order valence-corrected chi connectivity index (χ3v) is 6.20. The van der Waals surface area contributed by atoms with E-state index in [9.17, 15) is 4.79 Å². The van der Waals surface area contributed by atoms with Gasteiger partial charge in [-0.25, -0.2) is 0 Å². The minimum Gasteiger partial charge on any atom is -0.480 e. The molecule has 0 bridgehead atoms. The Labute approximate surface area is 177 Å². The van der Waals surface area contributed by atoms with Gasteiger partial charge in [0.1, 0.15) is 6.10 Å². The van der Waals surface area contributed by atoms with E-state index in [1.54, 1.807) is 19.5 Å². The summed E-state index contributed by atoms with van der Waals surface area (Å²) in [5.74, 6) is 1.04. The van der Waals surface area contributed by atoms with Gasteiger partial charge in [0.2, 0.25) is 17.7 Å². The molecule has 1 N–H and O–H groups in total. The summed E-state index contributed by atoms with van der Waals surface area (Å²) in [6, 6.07) is 10.3. The van der Waals surface area contributed by atoms with Crippen LogP contribution < -0.4 is 14.8 Å². The number of nitrogens with zero attached hydrogens (tertiary/aromatic N) is 2. The first-order valence-electron chi connectivity index (χ1n) is 10.7. The fraction of sp³-hybridized carbons (Fsp3) is 0.522. The molecule has 1 aliphatic heterocycles. The topological polar surface area (TPSA) is 82.6 Å². The number of benzene rings is 1. The lowest BCUT2D eigenvalue weighted by atomic mass is 9.73. The molecule has 30 heavy (non-hydrogen) atoms. The van der Waals surface area contributed by atoms with Crippen LogP contribution in [0.5, 0.6) is 11.8 Å². The number of carbonyl (C=O) groups is 1. The van der Waals surface area contributed by atoms with Crippen LogP contribution >= 0.6 is 0 Å². The zero-order valence-electron chi connectivity index (χ0n) is 17.4. The summed E-state index contributed by atoms with van der Waals surface area (Å²) in [4.78, 5) is 21.8. The molecule has 160 valence electrons. The van der Waals surface area contributed by atoms with Gasteiger partial charge in [-0.1, -0.05) is 30.3 Å². The third-order valence-electron chi connectivity index (χ3n) is 6.20. The number of aromatic nitrogens is 2. The van der Waals surface area contributed by atoms with Gasteiger partial charge in [0.05, 0.1) is 24.9 Å². The summed E-state index contributed by atoms with van der Waals surface area (Å²) in [5.41, 5.74) is 0.586. The molecule has 0 radical (unpaired) electrons. The Kier molecular flexibility index (Phi) is 6.47. The maximum atomic E-state index is 13.4. The van der Waals surface area contributed by atoms with Crippen LogP contribution in [0, 0.1) is 0 Å². The van der Waals surface area contributed by atoms with Crippen molar-refractivity contribution in [2.75, 3.05) is 20.3 Å². The summed E-state index contributed by atoms with van der Waals surface area (Å²) in [6.45, 7) is 1.23. The quantitative estimate of drug-likeness (QED) is 0.787. The van der Waals surface area contributed by atoms with Gasteiger partial charge in [-0.2, -0.15) is 4.98 Å². The molecule has 1 saturated heterocycles. The Morgan fingerprint density at radius 1 is 1.07 bits per heavy atom. The molecule has 1 saturated carbocycles. The predicted octanol–water partition coefficient (Wildman–Crippen LogP) is 3.04. The van der Waals surface area contributed by atoms with E-state index in [4.69, 9.17) is 14.2 Å². The van der Waals surface area contributed by atoms with Crippen LogP contribution in [0.25, 0.3) is 0 Å². The van der Waals surface area contributed by atoms with Crippen molar-refractivity contribution in [3.05, 3.63) is 48.3 Å². The van der Waals surface area contributed by atoms with Gasteiger partial charge in [0, 0.05) is 19.3 Å². The minimum absolute atomic E-state index is 0.0747. The molecule has 0 unspecified atom stereocenters. The summed E-state index contributed by atoms with van der Waals surface area (Å²) in [7, 11) is 1.56. The number of hydrogen-bond acceptors (Lipinski definition) is 6. The molecule has 4 rings (SSSR count). The van der Waals surface area contributed by atoms with Crippen molar-refractivity contribution in [3.8, 4) is 11.8 Å². The van der Waals surface area contributed by atoms with Crippen molar-refractivity contribution in [2.45, 2.75) is 56.1 Å². The van der Waals surface area contributed by atoms with Crippen molar-refractivity contribution in [3.63, 3.8) is 0 Å². The van der Waals surface area contributed by atoms with Crippen molar-refractivity contribution < 1.29 is 19.0 Å². The Balaban J connectivity index is 1.35. The van der Waals surface area contributed by atoms with Crippen molar-refractivity contribution in [1.82, 2.24) is 15.3 Å². The summed E-state index contributed by atoms with van der Waals surface area (Å²) < 4.78 is 16.6. The van der Waals surface area contributed by atoms with Gasteiger partial charge < -0.3 is 19.5 Å². The molecule has 1 amide bonds. The molecule has 1 aromatic heterocycles. The molecular weight excluding hydrogens is 382 g/mol. The largest absolute Gasteiger partial charge is 0.480 e. The lowest BCUT2D eigenvalue weighted by Gasteiger charge is -2.38. The fourth-order valence-corrected chi connectivity index (χ4v) is 4.43. The van der Waals surface area contributed by atoms with E-state index in [0.717, 1.165) is 44.1 Å². The van der Waals surface area contributed by atoms with Gasteiger partial charge in [-0.05, 0) is 44.1 Å². The maximum absolute atomic E-state index is 13.4. The van der Waals surface area contributed by atoms with Crippen LogP contribution in [0.2, 0.25) is 0 Å². The lowest BCUT2D eigenvalue weighted by Crippen LogP contribution is -2.52. The maximum Gasteiger partial charge on any atom is 0.235 e. The zero-order valence-corrected chi connectivity index (χ0v) is 17.4. The van der Waals surface area contributed by atoms with Crippen LogP contribution in [0.4, 0.5) is 0 Å². The van der Waals surface area contributed by atoms with E-state index >= 15 is 0 Å². The van der Waals surface area contributed by atoms with Crippen LogP contribution in [-0.4, -0.2) is 48.3 Å². The molecule has 0 spiro atoms. The van der Waals surface area contributed by atoms with Gasteiger partial charge in [-0.3, -0.25) is 9.78 Å². The number of ether oxygens (including phenoxy) is 3. The first-order chi connectivity index (χ1) is 14.7. The average Bonchev–Trinajstić information content (AvgIpc) is 2.81. The van der Waals surface area contributed by atoms with Crippen molar-refractivity contribution in [2.24, 2.45) is 0 Å². The van der Waals surface area contributed by atoms with E-state index in [0.29, 0.717) is 25.0 Å². The Morgan fingerprint density at radius 3 is 2.47 bits per heavy atom. The van der Waals surface area contributed by atoms with Gasteiger partial charge in [0.25, 0.3) is 0 Å². The Bertz CT molecular complexity index is 831. The van der Waals surface area contributed by atoms with E-state index in [1.165, 1.54) is 0 Å². The van der Waals surface area contributed by atoms with E-state index in [2.05, 4.69) is 27.4 Å². The number of rotatable bonds is 6. The van der Waals surface area contributed by atoms with Gasteiger partial charge in [0.15, 0.2) is 0 Å². The number of hydrogen-bond donors (Lipinski definition) is 1. The second-order valence-electron chi connectivity index (χ2n) is 8.03. The molecule has 2 aromatic rings. The molecule has 1 aliphatic carbocycles. The fourth-order valence-electron chi connectivity index (χ4n) is 4.43. The lowest BCUT2D eigenvalue weighted by molar-refractivity contribution is -0.131. The molecule has 2 fully saturated rings. The second-order valence-corrected chi connectivity index (χ2v) is 8.03. The number of nitrogens with one attached hydrogen (secondary N) is 1. The van der Waals surface area contributed by atoms with Gasteiger partial charge >= 0.3 is 0 Å². The monoisotopic (exact) mass is 411 g/mol. The highest BCUT2D eigenvalue weighted by atomic mass is 16.5. The number of amides is 1. The van der Waals surface area contributed by atoms with E-state index in [1.807, 2.05) is 18.2 Å². The van der Waals surface area contributed by atoms with Crippen LogP contribution in [0.1, 0.15) is 44.1 Å². The summed E-state index contributed by atoms with van der Waals surface area (Å²) in [6.07, 6.45) is 8.17. The van der Waals surface area contributed by atoms with E-state index < -0.39 is 5.41 Å². The number of carbonyl (C=O) groups excluding carboxylic acids is 1. The predicted molar refractivity (Wildman–Crippen MR) is 112 cm³/mol. The minimum atomic E-state index is -0.497. The van der Waals surface area contributed by atoms with Crippen LogP contribution in [0.15, 0.2) is 42.7 Å².